The van der Waals surface area contributed by atoms with E-state index in [1.165, 1.54) is 11.2 Å². The molecular weight excluding hydrogens is 310 g/mol. The first-order valence-electron chi connectivity index (χ1n) is 7.23. The quantitative estimate of drug-likeness (QED) is 0.737. The molecule has 0 fully saturated rings. The highest BCUT2D eigenvalue weighted by molar-refractivity contribution is 7.18. The van der Waals surface area contributed by atoms with E-state index in [9.17, 15) is 4.79 Å². The number of hydrogen-bond acceptors (Lipinski definition) is 5. The van der Waals surface area contributed by atoms with Crippen LogP contribution in [0.15, 0.2) is 36.7 Å². The van der Waals surface area contributed by atoms with Crippen LogP contribution >= 0.6 is 11.3 Å². The zero-order valence-corrected chi connectivity index (χ0v) is 14.1. The minimum Gasteiger partial charge on any atom is -0.467 e. The maximum atomic E-state index is 12.3. The minimum atomic E-state index is -0.132. The normalized spacial score (nSPS) is 10.7. The molecule has 0 spiro atoms. The molecule has 23 heavy (non-hydrogen) atoms. The van der Waals surface area contributed by atoms with Gasteiger partial charge >= 0.3 is 0 Å². The van der Waals surface area contributed by atoms with Gasteiger partial charge in [0.25, 0.3) is 5.91 Å². The van der Waals surface area contributed by atoms with Gasteiger partial charge in [-0.2, -0.15) is 0 Å². The number of carbonyl (C=O) groups is 1. The summed E-state index contributed by atoms with van der Waals surface area (Å²) >= 11 is 1.60. The molecule has 0 aliphatic carbocycles. The first-order chi connectivity index (χ1) is 11.1. The minimum absolute atomic E-state index is 0.0636. The number of ether oxygens (including phenoxy) is 1. The highest BCUT2D eigenvalue weighted by atomic mass is 32.1. The van der Waals surface area contributed by atoms with E-state index in [2.05, 4.69) is 9.97 Å². The number of fused-ring (bicyclic) bond motifs is 1. The molecule has 0 atom stereocenters. The second-order valence-corrected chi connectivity index (χ2v) is 6.42. The summed E-state index contributed by atoms with van der Waals surface area (Å²) < 4.78 is 5.68. The van der Waals surface area contributed by atoms with E-state index < -0.39 is 0 Å². The van der Waals surface area contributed by atoms with Crippen LogP contribution in [0.3, 0.4) is 0 Å². The number of para-hydroxylation sites is 1. The van der Waals surface area contributed by atoms with Gasteiger partial charge in [0.15, 0.2) is 6.61 Å². The van der Waals surface area contributed by atoms with Gasteiger partial charge in [-0.1, -0.05) is 18.2 Å². The molecule has 2 heterocycles. The van der Waals surface area contributed by atoms with Gasteiger partial charge < -0.3 is 9.64 Å². The molecule has 118 valence electrons. The Bertz CT molecular complexity index is 846. The van der Waals surface area contributed by atoms with Crippen molar-refractivity contribution in [3.8, 4) is 5.88 Å². The maximum Gasteiger partial charge on any atom is 0.264 e. The molecule has 0 saturated carbocycles. The Morgan fingerprint density at radius 3 is 2.70 bits per heavy atom. The third-order valence-electron chi connectivity index (χ3n) is 3.78. The van der Waals surface area contributed by atoms with Gasteiger partial charge in [-0.25, -0.2) is 9.97 Å². The SMILES string of the molecule is Cc1sc2ncnc(OCC(=O)N(C)c3ccccc3)c2c1C. The number of likely N-dealkylation sites (N-methyl/N-ethyl adjacent to an activating group) is 1. The van der Waals surface area contributed by atoms with Crippen LogP contribution < -0.4 is 9.64 Å². The van der Waals surface area contributed by atoms with Crippen molar-refractivity contribution in [3.05, 3.63) is 47.1 Å². The molecule has 1 amide bonds. The Labute approximate surface area is 138 Å². The summed E-state index contributed by atoms with van der Waals surface area (Å²) in [7, 11) is 1.73. The molecule has 3 rings (SSSR count). The van der Waals surface area contributed by atoms with Crippen LogP contribution in [0, 0.1) is 13.8 Å². The number of nitrogens with zero attached hydrogens (tertiary/aromatic N) is 3. The molecule has 0 bridgehead atoms. The summed E-state index contributed by atoms with van der Waals surface area (Å²) in [6, 6.07) is 9.47. The lowest BCUT2D eigenvalue weighted by atomic mass is 10.2. The smallest absolute Gasteiger partial charge is 0.264 e. The molecule has 3 aromatic rings. The number of amides is 1. The zero-order chi connectivity index (χ0) is 16.4. The fourth-order valence-corrected chi connectivity index (χ4v) is 3.27. The van der Waals surface area contributed by atoms with Gasteiger partial charge in [0.05, 0.1) is 5.39 Å². The summed E-state index contributed by atoms with van der Waals surface area (Å²) in [5.41, 5.74) is 1.93. The second kappa shape index (κ2) is 6.34. The van der Waals surface area contributed by atoms with Crippen LogP contribution in [0.2, 0.25) is 0 Å². The van der Waals surface area contributed by atoms with Gasteiger partial charge in [-0.3, -0.25) is 4.79 Å². The predicted molar refractivity (Wildman–Crippen MR) is 92.2 cm³/mol. The second-order valence-electron chi connectivity index (χ2n) is 5.22. The number of thiophene rings is 1. The van der Waals surface area contributed by atoms with E-state index in [1.54, 1.807) is 23.3 Å². The molecule has 0 saturated heterocycles. The molecule has 0 N–H and O–H groups in total. The van der Waals surface area contributed by atoms with E-state index in [1.807, 2.05) is 44.2 Å². The number of anilines is 1. The number of hydrogen-bond donors (Lipinski definition) is 0. The summed E-state index contributed by atoms with van der Waals surface area (Å²) in [5.74, 6) is 0.333. The largest absolute Gasteiger partial charge is 0.467 e. The van der Waals surface area contributed by atoms with Gasteiger partial charge in [0.2, 0.25) is 5.88 Å². The summed E-state index contributed by atoms with van der Waals surface area (Å²) in [6.07, 6.45) is 1.47. The number of aromatic nitrogens is 2. The van der Waals surface area contributed by atoms with Gasteiger partial charge in [-0.15, -0.1) is 11.3 Å². The molecule has 1 aromatic carbocycles. The lowest BCUT2D eigenvalue weighted by molar-refractivity contribution is -0.120. The standard InChI is InChI=1S/C17H17N3O2S/c1-11-12(2)23-17-15(11)16(18-10-19-17)22-9-14(21)20(3)13-7-5-4-6-8-13/h4-8,10H,9H2,1-3H3. The summed E-state index contributed by atoms with van der Waals surface area (Å²) in [5, 5.41) is 0.894. The third-order valence-corrected chi connectivity index (χ3v) is 4.90. The number of benzene rings is 1. The summed E-state index contributed by atoms with van der Waals surface area (Å²) in [6.45, 7) is 3.99. The monoisotopic (exact) mass is 327 g/mol. The van der Waals surface area contributed by atoms with Crippen LogP contribution in [0.4, 0.5) is 5.69 Å². The summed E-state index contributed by atoms with van der Waals surface area (Å²) in [4.78, 5) is 24.4. The molecule has 0 aliphatic heterocycles. The maximum absolute atomic E-state index is 12.3. The van der Waals surface area contributed by atoms with E-state index in [-0.39, 0.29) is 12.5 Å². The number of carbonyl (C=O) groups excluding carboxylic acids is 1. The fourth-order valence-electron chi connectivity index (χ4n) is 2.28. The Balaban J connectivity index is 1.77. The molecular formula is C17H17N3O2S. The third kappa shape index (κ3) is 3.03. The van der Waals surface area contributed by atoms with Gasteiger partial charge in [0, 0.05) is 17.6 Å². The van der Waals surface area contributed by atoms with E-state index in [0.29, 0.717) is 5.88 Å². The van der Waals surface area contributed by atoms with Gasteiger partial charge in [-0.05, 0) is 31.5 Å². The Morgan fingerprint density at radius 1 is 1.22 bits per heavy atom. The first kappa shape index (κ1) is 15.4. The Morgan fingerprint density at radius 2 is 1.96 bits per heavy atom. The predicted octanol–water partition coefficient (Wildman–Crippen LogP) is 3.35. The van der Waals surface area contributed by atoms with Crippen molar-refractivity contribution in [1.29, 1.82) is 0 Å². The van der Waals surface area contributed by atoms with E-state index >= 15 is 0 Å². The highest BCUT2D eigenvalue weighted by Gasteiger charge is 2.16. The van der Waals surface area contributed by atoms with E-state index in [0.717, 1.165) is 21.5 Å². The number of rotatable bonds is 4. The van der Waals surface area contributed by atoms with Crippen molar-refractivity contribution in [1.82, 2.24) is 9.97 Å². The van der Waals surface area contributed by atoms with Crippen molar-refractivity contribution < 1.29 is 9.53 Å². The van der Waals surface area contributed by atoms with Crippen molar-refractivity contribution in [3.63, 3.8) is 0 Å². The lowest BCUT2D eigenvalue weighted by Crippen LogP contribution is -2.31. The zero-order valence-electron chi connectivity index (χ0n) is 13.2. The van der Waals surface area contributed by atoms with Crippen LogP contribution in [-0.2, 0) is 4.79 Å². The fraction of sp³-hybridized carbons (Fsp3) is 0.235. The Kier molecular flexibility index (Phi) is 4.25. The first-order valence-corrected chi connectivity index (χ1v) is 8.04. The average molecular weight is 327 g/mol. The molecule has 0 aliphatic rings. The molecule has 0 radical (unpaired) electrons. The Hall–Kier alpha value is -2.47. The van der Waals surface area contributed by atoms with Crippen molar-refractivity contribution in [2.24, 2.45) is 0 Å². The molecule has 0 unspecified atom stereocenters. The van der Waals surface area contributed by atoms with Crippen LogP contribution in [0.5, 0.6) is 5.88 Å². The lowest BCUT2D eigenvalue weighted by Gasteiger charge is -2.17. The molecule has 6 heteroatoms. The molecule has 2 aromatic heterocycles. The topological polar surface area (TPSA) is 55.3 Å². The van der Waals surface area contributed by atoms with Crippen molar-refractivity contribution >= 4 is 33.1 Å². The van der Waals surface area contributed by atoms with Crippen molar-refractivity contribution in [2.75, 3.05) is 18.6 Å². The van der Waals surface area contributed by atoms with Gasteiger partial charge in [0.1, 0.15) is 11.2 Å². The van der Waals surface area contributed by atoms with Crippen LogP contribution in [-0.4, -0.2) is 29.5 Å². The van der Waals surface area contributed by atoms with E-state index in [4.69, 9.17) is 4.74 Å². The van der Waals surface area contributed by atoms with Crippen molar-refractivity contribution in [2.45, 2.75) is 13.8 Å². The number of aryl methyl sites for hydroxylation is 2. The molecule has 5 nitrogen and oxygen atoms in total. The van der Waals surface area contributed by atoms with Crippen LogP contribution in [0.1, 0.15) is 10.4 Å². The average Bonchev–Trinajstić information content (AvgIpc) is 2.88. The van der Waals surface area contributed by atoms with Crippen LogP contribution in [0.25, 0.3) is 10.2 Å². The highest BCUT2D eigenvalue weighted by Crippen LogP contribution is 2.33.